The molecule has 1 aliphatic heterocycles. The zero-order valence-corrected chi connectivity index (χ0v) is 7.41. The van der Waals surface area contributed by atoms with E-state index in [2.05, 4.69) is 15.2 Å². The molecule has 0 bridgehead atoms. The molecule has 0 spiro atoms. The Bertz CT molecular complexity index is 311. The number of nitrogens with zero attached hydrogens (tertiary/aromatic N) is 2. The largest absolute Gasteiger partial charge is 0.468 e. The smallest absolute Gasteiger partial charge is 0.327 e. The lowest BCUT2D eigenvalue weighted by atomic mass is 10.3. The van der Waals surface area contributed by atoms with E-state index >= 15 is 0 Å². The molecule has 0 aliphatic carbocycles. The number of fused-ring (bicyclic) bond motifs is 1. The van der Waals surface area contributed by atoms with Crippen molar-refractivity contribution in [2.24, 2.45) is 0 Å². The number of hydrogen-bond donors (Lipinski definition) is 1. The Morgan fingerprint density at radius 3 is 3.31 bits per heavy atom. The summed E-state index contributed by atoms with van der Waals surface area (Å²) < 4.78 is 6.16. The van der Waals surface area contributed by atoms with Crippen LogP contribution >= 0.6 is 0 Å². The summed E-state index contributed by atoms with van der Waals surface area (Å²) in [5.41, 5.74) is 2.20. The van der Waals surface area contributed by atoms with E-state index in [0.717, 1.165) is 18.8 Å². The molecule has 70 valence electrons. The van der Waals surface area contributed by atoms with E-state index in [9.17, 15) is 4.79 Å². The highest BCUT2D eigenvalue weighted by atomic mass is 16.5. The third kappa shape index (κ3) is 1.55. The molecule has 5 heteroatoms. The van der Waals surface area contributed by atoms with Crippen LogP contribution in [0, 0.1) is 0 Å². The van der Waals surface area contributed by atoms with Crippen molar-refractivity contribution in [1.82, 2.24) is 15.1 Å². The zero-order valence-electron chi connectivity index (χ0n) is 7.41. The summed E-state index contributed by atoms with van der Waals surface area (Å²) in [6.07, 6.45) is 1.88. The van der Waals surface area contributed by atoms with Gasteiger partial charge in [-0.25, -0.2) is 0 Å². The molecular weight excluding hydrogens is 170 g/mol. The molecule has 1 aromatic rings. The zero-order chi connectivity index (χ0) is 9.26. The minimum absolute atomic E-state index is 0.198. The lowest BCUT2D eigenvalue weighted by molar-refractivity contribution is -0.141. The van der Waals surface area contributed by atoms with Crippen LogP contribution in [0.25, 0.3) is 0 Å². The lowest BCUT2D eigenvalue weighted by Gasteiger charge is -1.99. The Balaban J connectivity index is 2.10. The molecule has 2 heterocycles. The summed E-state index contributed by atoms with van der Waals surface area (Å²) in [5, 5.41) is 7.40. The SMILES string of the molecule is COC(=O)Cn1cc2c(n1)CNC2. The van der Waals surface area contributed by atoms with Crippen LogP contribution in [0.1, 0.15) is 11.3 Å². The van der Waals surface area contributed by atoms with Crippen LogP contribution in [0.3, 0.4) is 0 Å². The Kier molecular flexibility index (Phi) is 2.02. The van der Waals surface area contributed by atoms with E-state index in [-0.39, 0.29) is 12.5 Å². The van der Waals surface area contributed by atoms with Gasteiger partial charge in [-0.2, -0.15) is 5.10 Å². The van der Waals surface area contributed by atoms with Gasteiger partial charge in [0.1, 0.15) is 6.54 Å². The van der Waals surface area contributed by atoms with E-state index in [1.165, 1.54) is 12.7 Å². The van der Waals surface area contributed by atoms with Crippen molar-refractivity contribution >= 4 is 5.97 Å². The van der Waals surface area contributed by atoms with Crippen molar-refractivity contribution in [3.05, 3.63) is 17.5 Å². The molecule has 1 aliphatic rings. The van der Waals surface area contributed by atoms with E-state index in [4.69, 9.17) is 0 Å². The van der Waals surface area contributed by atoms with Crippen LogP contribution in [0.15, 0.2) is 6.20 Å². The second-order valence-electron chi connectivity index (χ2n) is 2.98. The summed E-state index contributed by atoms with van der Waals surface area (Å²) in [6, 6.07) is 0. The van der Waals surface area contributed by atoms with Gasteiger partial charge in [0.2, 0.25) is 0 Å². The molecule has 1 aromatic heterocycles. The maximum absolute atomic E-state index is 10.9. The Morgan fingerprint density at radius 1 is 1.77 bits per heavy atom. The molecular formula is C8H11N3O2. The van der Waals surface area contributed by atoms with Crippen LogP contribution in [0.4, 0.5) is 0 Å². The first kappa shape index (κ1) is 8.25. The molecule has 0 amide bonds. The molecule has 0 fully saturated rings. The number of carbonyl (C=O) groups is 1. The van der Waals surface area contributed by atoms with Gasteiger partial charge in [-0.3, -0.25) is 9.48 Å². The van der Waals surface area contributed by atoms with Gasteiger partial charge in [-0.1, -0.05) is 0 Å². The van der Waals surface area contributed by atoms with Gasteiger partial charge in [0.05, 0.1) is 12.8 Å². The van der Waals surface area contributed by atoms with Gasteiger partial charge < -0.3 is 10.1 Å². The Labute approximate surface area is 75.7 Å². The number of rotatable bonds is 2. The summed E-state index contributed by atoms with van der Waals surface area (Å²) in [5.74, 6) is -0.269. The minimum atomic E-state index is -0.269. The maximum atomic E-state index is 10.9. The number of methoxy groups -OCH3 is 1. The number of hydrogen-bond acceptors (Lipinski definition) is 4. The normalized spacial score (nSPS) is 14.2. The predicted octanol–water partition coefficient (Wildman–Crippen LogP) is -0.341. The average Bonchev–Trinajstić information content (AvgIpc) is 2.63. The first-order valence-electron chi connectivity index (χ1n) is 4.12. The number of carbonyl (C=O) groups excluding carboxylic acids is 1. The summed E-state index contributed by atoms with van der Waals surface area (Å²) in [7, 11) is 1.38. The lowest BCUT2D eigenvalue weighted by Crippen LogP contribution is -2.13. The second kappa shape index (κ2) is 3.18. The fraction of sp³-hybridized carbons (Fsp3) is 0.500. The molecule has 2 rings (SSSR count). The first-order valence-corrected chi connectivity index (χ1v) is 4.12. The van der Waals surface area contributed by atoms with Gasteiger partial charge in [0, 0.05) is 24.8 Å². The van der Waals surface area contributed by atoms with Crippen LogP contribution in [0.5, 0.6) is 0 Å². The Hall–Kier alpha value is -1.36. The van der Waals surface area contributed by atoms with Crippen molar-refractivity contribution in [3.8, 4) is 0 Å². The van der Waals surface area contributed by atoms with Crippen molar-refractivity contribution in [1.29, 1.82) is 0 Å². The number of nitrogens with one attached hydrogen (secondary N) is 1. The van der Waals surface area contributed by atoms with Crippen molar-refractivity contribution in [2.75, 3.05) is 7.11 Å². The average molecular weight is 181 g/mol. The van der Waals surface area contributed by atoms with Gasteiger partial charge in [-0.15, -0.1) is 0 Å². The molecule has 0 atom stereocenters. The Morgan fingerprint density at radius 2 is 2.62 bits per heavy atom. The van der Waals surface area contributed by atoms with Crippen molar-refractivity contribution in [3.63, 3.8) is 0 Å². The highest BCUT2D eigenvalue weighted by Gasteiger charge is 2.15. The van der Waals surface area contributed by atoms with Gasteiger partial charge >= 0.3 is 5.97 Å². The fourth-order valence-electron chi connectivity index (χ4n) is 1.39. The highest BCUT2D eigenvalue weighted by Crippen LogP contribution is 2.12. The van der Waals surface area contributed by atoms with E-state index in [1.54, 1.807) is 4.68 Å². The molecule has 0 radical (unpaired) electrons. The molecule has 13 heavy (non-hydrogen) atoms. The van der Waals surface area contributed by atoms with Crippen LogP contribution in [0.2, 0.25) is 0 Å². The predicted molar refractivity (Wildman–Crippen MR) is 44.8 cm³/mol. The second-order valence-corrected chi connectivity index (χ2v) is 2.98. The van der Waals surface area contributed by atoms with Crippen LogP contribution < -0.4 is 5.32 Å². The number of ether oxygens (including phenoxy) is 1. The van der Waals surface area contributed by atoms with Gasteiger partial charge in [0.15, 0.2) is 0 Å². The molecule has 0 unspecified atom stereocenters. The maximum Gasteiger partial charge on any atom is 0.327 e. The van der Waals surface area contributed by atoms with Crippen LogP contribution in [-0.2, 0) is 29.2 Å². The minimum Gasteiger partial charge on any atom is -0.468 e. The molecule has 1 N–H and O–H groups in total. The summed E-state index contributed by atoms with van der Waals surface area (Å²) >= 11 is 0. The molecule has 5 nitrogen and oxygen atoms in total. The fourth-order valence-corrected chi connectivity index (χ4v) is 1.39. The topological polar surface area (TPSA) is 56.2 Å². The van der Waals surface area contributed by atoms with Crippen molar-refractivity contribution in [2.45, 2.75) is 19.6 Å². The highest BCUT2D eigenvalue weighted by molar-refractivity contribution is 5.68. The van der Waals surface area contributed by atoms with E-state index < -0.39 is 0 Å². The third-order valence-corrected chi connectivity index (χ3v) is 2.05. The third-order valence-electron chi connectivity index (χ3n) is 2.05. The molecule has 0 saturated carbocycles. The number of aromatic nitrogens is 2. The van der Waals surface area contributed by atoms with E-state index in [1.807, 2.05) is 6.20 Å². The van der Waals surface area contributed by atoms with E-state index in [0.29, 0.717) is 0 Å². The van der Waals surface area contributed by atoms with Crippen molar-refractivity contribution < 1.29 is 9.53 Å². The summed E-state index contributed by atoms with van der Waals surface area (Å²) in [6.45, 7) is 1.84. The standard InChI is InChI=1S/C8H11N3O2/c1-13-8(12)5-11-4-6-2-9-3-7(6)10-11/h4,9H,2-3,5H2,1H3. The molecule has 0 saturated heterocycles. The first-order chi connectivity index (χ1) is 6.29. The summed E-state index contributed by atoms with van der Waals surface area (Å²) in [4.78, 5) is 10.9. The number of esters is 1. The monoisotopic (exact) mass is 181 g/mol. The van der Waals surface area contributed by atoms with Gasteiger partial charge in [-0.05, 0) is 0 Å². The van der Waals surface area contributed by atoms with Crippen LogP contribution in [-0.4, -0.2) is 22.9 Å². The molecule has 0 aromatic carbocycles. The quantitative estimate of drug-likeness (QED) is 0.634. The van der Waals surface area contributed by atoms with Gasteiger partial charge in [0.25, 0.3) is 0 Å².